The van der Waals surface area contributed by atoms with E-state index in [0.717, 1.165) is 5.56 Å². The minimum atomic E-state index is 0.315. The zero-order valence-corrected chi connectivity index (χ0v) is 15.4. The molecule has 1 heterocycles. The van der Waals surface area contributed by atoms with Crippen LogP contribution in [0.3, 0.4) is 0 Å². The van der Waals surface area contributed by atoms with Crippen molar-refractivity contribution in [2.24, 2.45) is 0 Å². The molecule has 2 N–H and O–H groups in total. The number of nitrogens with two attached hydrogens (primary N) is 1. The number of halogens is 2. The van der Waals surface area contributed by atoms with E-state index in [-0.39, 0.29) is 0 Å². The molecule has 132 valence electrons. The summed E-state index contributed by atoms with van der Waals surface area (Å²) in [4.78, 5) is 0. The van der Waals surface area contributed by atoms with Crippen LogP contribution in [0, 0.1) is 11.3 Å². The first-order chi connectivity index (χ1) is 12.5. The highest BCUT2D eigenvalue weighted by atomic mass is 35.5. The second kappa shape index (κ2) is 7.61. The van der Waals surface area contributed by atoms with Crippen molar-refractivity contribution >= 4 is 28.9 Å². The summed E-state index contributed by atoms with van der Waals surface area (Å²) in [7, 11) is 1.58. The lowest BCUT2D eigenvalue weighted by molar-refractivity contribution is 0.403. The maximum atomic E-state index is 9.44. The molecular formula is C19H15Cl2N3O2. The van der Waals surface area contributed by atoms with Crippen molar-refractivity contribution in [3.63, 3.8) is 0 Å². The molecule has 3 aromatic rings. The van der Waals surface area contributed by atoms with Crippen LogP contribution >= 0.6 is 23.2 Å². The SMILES string of the molecule is COc1cccc(Oc2c(N)cc(C#N)n2Cc2ccc(Cl)cc2Cl)c1. The first-order valence-electron chi connectivity index (χ1n) is 7.66. The Balaban J connectivity index is 2.00. The average molecular weight is 388 g/mol. The van der Waals surface area contributed by atoms with Gasteiger partial charge in [-0.05, 0) is 29.8 Å². The van der Waals surface area contributed by atoms with Gasteiger partial charge in [0.05, 0.1) is 19.3 Å². The van der Waals surface area contributed by atoms with Crippen LogP contribution in [0.15, 0.2) is 48.5 Å². The summed E-state index contributed by atoms with van der Waals surface area (Å²) >= 11 is 12.2. The normalized spacial score (nSPS) is 10.4. The number of rotatable bonds is 5. The predicted molar refractivity (Wildman–Crippen MR) is 102 cm³/mol. The molecule has 7 heteroatoms. The smallest absolute Gasteiger partial charge is 0.224 e. The number of aromatic nitrogens is 1. The van der Waals surface area contributed by atoms with E-state index in [9.17, 15) is 5.26 Å². The van der Waals surface area contributed by atoms with Gasteiger partial charge in [-0.25, -0.2) is 0 Å². The van der Waals surface area contributed by atoms with Crippen LogP contribution in [0.1, 0.15) is 11.3 Å². The molecular weight excluding hydrogens is 373 g/mol. The summed E-state index contributed by atoms with van der Waals surface area (Å²) in [6, 6.07) is 16.0. The molecule has 0 atom stereocenters. The van der Waals surface area contributed by atoms with Crippen LogP contribution in [-0.4, -0.2) is 11.7 Å². The number of nitrogens with zero attached hydrogens (tertiary/aromatic N) is 2. The summed E-state index contributed by atoms with van der Waals surface area (Å²) in [5, 5.41) is 10.5. The molecule has 0 aliphatic rings. The van der Waals surface area contributed by atoms with Crippen molar-refractivity contribution in [3.8, 4) is 23.4 Å². The Morgan fingerprint density at radius 3 is 2.58 bits per heavy atom. The van der Waals surface area contributed by atoms with Crippen molar-refractivity contribution in [3.05, 3.63) is 69.8 Å². The summed E-state index contributed by atoms with van der Waals surface area (Å²) in [6.45, 7) is 0.315. The Bertz CT molecular complexity index is 993. The molecule has 0 saturated carbocycles. The van der Waals surface area contributed by atoms with Gasteiger partial charge in [0.25, 0.3) is 0 Å². The lowest BCUT2D eigenvalue weighted by Crippen LogP contribution is -2.05. The zero-order chi connectivity index (χ0) is 18.7. The van der Waals surface area contributed by atoms with Crippen LogP contribution in [0.5, 0.6) is 17.4 Å². The third kappa shape index (κ3) is 3.72. The van der Waals surface area contributed by atoms with Crippen LogP contribution in [0.4, 0.5) is 5.69 Å². The number of benzene rings is 2. The second-order valence-corrected chi connectivity index (χ2v) is 6.35. The maximum Gasteiger partial charge on any atom is 0.224 e. The minimum absolute atomic E-state index is 0.315. The second-order valence-electron chi connectivity index (χ2n) is 5.50. The highest BCUT2D eigenvalue weighted by Gasteiger charge is 2.17. The maximum absolute atomic E-state index is 9.44. The Morgan fingerprint density at radius 1 is 1.12 bits per heavy atom. The molecule has 0 fully saturated rings. The highest BCUT2D eigenvalue weighted by molar-refractivity contribution is 6.35. The van der Waals surface area contributed by atoms with Crippen LogP contribution in [0.2, 0.25) is 10.0 Å². The van der Waals surface area contributed by atoms with E-state index < -0.39 is 0 Å². The molecule has 2 aromatic carbocycles. The molecule has 26 heavy (non-hydrogen) atoms. The molecule has 0 unspecified atom stereocenters. The molecule has 0 aliphatic carbocycles. The Hall–Kier alpha value is -2.81. The number of ether oxygens (including phenoxy) is 2. The van der Waals surface area contributed by atoms with Crippen LogP contribution in [-0.2, 0) is 6.54 Å². The van der Waals surface area contributed by atoms with E-state index in [4.69, 9.17) is 38.4 Å². The molecule has 0 radical (unpaired) electrons. The molecule has 1 aromatic heterocycles. The minimum Gasteiger partial charge on any atom is -0.497 e. The summed E-state index contributed by atoms with van der Waals surface area (Å²) in [6.07, 6.45) is 0. The van der Waals surface area contributed by atoms with E-state index >= 15 is 0 Å². The third-order valence-corrected chi connectivity index (χ3v) is 4.38. The van der Waals surface area contributed by atoms with Crippen molar-refractivity contribution in [2.45, 2.75) is 6.54 Å². The van der Waals surface area contributed by atoms with Gasteiger partial charge in [-0.3, -0.25) is 4.57 Å². The number of hydrogen-bond acceptors (Lipinski definition) is 4. The molecule has 0 saturated heterocycles. The number of nitriles is 1. The van der Waals surface area contributed by atoms with Gasteiger partial charge in [0.2, 0.25) is 5.88 Å². The fraction of sp³-hybridized carbons (Fsp3) is 0.105. The summed E-state index contributed by atoms with van der Waals surface area (Å²) in [5.41, 5.74) is 7.58. The molecule has 3 rings (SSSR count). The fourth-order valence-electron chi connectivity index (χ4n) is 2.51. The fourth-order valence-corrected chi connectivity index (χ4v) is 2.98. The van der Waals surface area contributed by atoms with Gasteiger partial charge in [0, 0.05) is 22.2 Å². The number of anilines is 1. The molecule has 0 amide bonds. The van der Waals surface area contributed by atoms with Gasteiger partial charge >= 0.3 is 0 Å². The van der Waals surface area contributed by atoms with Gasteiger partial charge in [-0.2, -0.15) is 5.26 Å². The lowest BCUT2D eigenvalue weighted by Gasteiger charge is -2.14. The first-order valence-corrected chi connectivity index (χ1v) is 8.42. The molecule has 5 nitrogen and oxygen atoms in total. The Kier molecular flexibility index (Phi) is 5.27. The summed E-state index contributed by atoms with van der Waals surface area (Å²) in [5.74, 6) is 1.56. The molecule has 0 spiro atoms. The van der Waals surface area contributed by atoms with Crippen LogP contribution < -0.4 is 15.2 Å². The Labute approximate surface area is 161 Å². The van der Waals surface area contributed by atoms with Crippen molar-refractivity contribution in [1.29, 1.82) is 5.26 Å². The Morgan fingerprint density at radius 2 is 1.88 bits per heavy atom. The number of nitrogen functional groups attached to an aromatic ring is 1. The van der Waals surface area contributed by atoms with Crippen molar-refractivity contribution < 1.29 is 9.47 Å². The molecule has 0 aliphatic heterocycles. The average Bonchev–Trinajstić information content (AvgIpc) is 2.93. The standard InChI is InChI=1S/C19H15Cl2N3O2/c1-25-15-3-2-4-16(9-15)26-19-18(23)8-14(10-22)24(19)11-12-5-6-13(20)7-17(12)21/h2-9H,11,23H2,1H3. The largest absolute Gasteiger partial charge is 0.497 e. The lowest BCUT2D eigenvalue weighted by atomic mass is 10.2. The third-order valence-electron chi connectivity index (χ3n) is 3.79. The first kappa shape index (κ1) is 18.0. The molecule has 0 bridgehead atoms. The van der Waals surface area contributed by atoms with Crippen LogP contribution in [0.25, 0.3) is 0 Å². The monoisotopic (exact) mass is 387 g/mol. The number of methoxy groups -OCH3 is 1. The highest BCUT2D eigenvalue weighted by Crippen LogP contribution is 2.34. The van der Waals surface area contributed by atoms with Gasteiger partial charge in [0.15, 0.2) is 0 Å². The van der Waals surface area contributed by atoms with E-state index in [1.54, 1.807) is 54.1 Å². The zero-order valence-electron chi connectivity index (χ0n) is 13.9. The van der Waals surface area contributed by atoms with E-state index in [1.807, 2.05) is 6.07 Å². The van der Waals surface area contributed by atoms with Gasteiger partial charge in [-0.15, -0.1) is 0 Å². The van der Waals surface area contributed by atoms with E-state index in [1.165, 1.54) is 0 Å². The van der Waals surface area contributed by atoms with Crippen molar-refractivity contribution in [1.82, 2.24) is 4.57 Å². The predicted octanol–water partition coefficient (Wildman–Crippen LogP) is 5.10. The summed E-state index contributed by atoms with van der Waals surface area (Å²) < 4.78 is 12.8. The quantitative estimate of drug-likeness (QED) is 0.660. The topological polar surface area (TPSA) is 73.2 Å². The van der Waals surface area contributed by atoms with Gasteiger partial charge < -0.3 is 15.2 Å². The van der Waals surface area contributed by atoms with Crippen molar-refractivity contribution in [2.75, 3.05) is 12.8 Å². The van der Waals surface area contributed by atoms with Gasteiger partial charge in [-0.1, -0.05) is 35.3 Å². The van der Waals surface area contributed by atoms with E-state index in [0.29, 0.717) is 45.4 Å². The van der Waals surface area contributed by atoms with Gasteiger partial charge in [0.1, 0.15) is 23.3 Å². The van der Waals surface area contributed by atoms with E-state index in [2.05, 4.69) is 6.07 Å². The number of hydrogen-bond donors (Lipinski definition) is 1.